The Morgan fingerprint density at radius 3 is 2.59 bits per heavy atom. The van der Waals surface area contributed by atoms with Crippen molar-refractivity contribution in [3.63, 3.8) is 0 Å². The fourth-order valence-electron chi connectivity index (χ4n) is 1.60. The minimum Gasteiger partial charge on any atom is -0.294 e. The largest absolute Gasteiger partial charge is 0.294 e. The van der Waals surface area contributed by atoms with E-state index in [4.69, 9.17) is 0 Å². The lowest BCUT2D eigenvalue weighted by atomic mass is 10.0. The molecule has 86 valence electrons. The van der Waals surface area contributed by atoms with Gasteiger partial charge in [-0.05, 0) is 29.8 Å². The topological polar surface area (TPSA) is 17.1 Å². The molecule has 0 aliphatic heterocycles. The van der Waals surface area contributed by atoms with Crippen LogP contribution in [0.25, 0.3) is 0 Å². The van der Waals surface area contributed by atoms with Crippen LogP contribution >= 0.6 is 15.9 Å². The summed E-state index contributed by atoms with van der Waals surface area (Å²) >= 11 is 3.35. The fraction of sp³-hybridized carbons (Fsp3) is 0.0714. The number of rotatable bonds is 3. The summed E-state index contributed by atoms with van der Waals surface area (Å²) in [5.41, 5.74) is 1.32. The number of Topliss-reactive ketones (excluding diaryl/α,β-unsaturated/α-hetero) is 1. The molecular weight excluding hydrogens is 283 g/mol. The zero-order chi connectivity index (χ0) is 12.3. The van der Waals surface area contributed by atoms with E-state index in [9.17, 15) is 9.18 Å². The minimum absolute atomic E-state index is 0.0809. The summed E-state index contributed by atoms with van der Waals surface area (Å²) in [6.45, 7) is 0. The minimum atomic E-state index is -0.384. The van der Waals surface area contributed by atoms with Crippen molar-refractivity contribution in [3.8, 4) is 0 Å². The van der Waals surface area contributed by atoms with Crippen LogP contribution in [0.5, 0.6) is 0 Å². The van der Waals surface area contributed by atoms with Gasteiger partial charge in [0.25, 0.3) is 0 Å². The molecule has 0 saturated carbocycles. The molecule has 0 fully saturated rings. The van der Waals surface area contributed by atoms with Crippen LogP contribution in [-0.2, 0) is 6.42 Å². The number of carbonyl (C=O) groups is 1. The van der Waals surface area contributed by atoms with Gasteiger partial charge in [0.2, 0.25) is 0 Å². The van der Waals surface area contributed by atoms with E-state index in [2.05, 4.69) is 15.9 Å². The second kappa shape index (κ2) is 5.23. The summed E-state index contributed by atoms with van der Waals surface area (Å²) in [5, 5.41) is 0. The van der Waals surface area contributed by atoms with Crippen LogP contribution in [0.2, 0.25) is 0 Å². The molecule has 0 bridgehead atoms. The van der Waals surface area contributed by atoms with Crippen LogP contribution in [0.4, 0.5) is 4.39 Å². The van der Waals surface area contributed by atoms with Crippen molar-refractivity contribution in [1.82, 2.24) is 0 Å². The van der Waals surface area contributed by atoms with Gasteiger partial charge in [-0.2, -0.15) is 0 Å². The van der Waals surface area contributed by atoms with Crippen LogP contribution in [0.3, 0.4) is 0 Å². The molecule has 0 aliphatic carbocycles. The highest BCUT2D eigenvalue weighted by Gasteiger charge is 2.07. The maximum atomic E-state index is 13.0. The summed E-state index contributed by atoms with van der Waals surface area (Å²) in [6, 6.07) is 13.3. The van der Waals surface area contributed by atoms with Crippen LogP contribution in [-0.4, -0.2) is 5.78 Å². The Kier molecular flexibility index (Phi) is 3.69. The lowest BCUT2D eigenvalue weighted by Crippen LogP contribution is -2.03. The maximum absolute atomic E-state index is 13.0. The van der Waals surface area contributed by atoms with E-state index in [1.807, 2.05) is 24.3 Å². The molecule has 0 unspecified atom stereocenters. The molecule has 0 radical (unpaired) electrons. The third-order valence-electron chi connectivity index (χ3n) is 2.40. The molecule has 0 aliphatic rings. The molecule has 0 aromatic heterocycles. The second-order valence-corrected chi connectivity index (χ2v) is 4.66. The Labute approximate surface area is 107 Å². The van der Waals surface area contributed by atoms with Crippen LogP contribution in [0, 0.1) is 5.82 Å². The zero-order valence-corrected chi connectivity index (χ0v) is 10.6. The van der Waals surface area contributed by atoms with Gasteiger partial charge >= 0.3 is 0 Å². The number of hydrogen-bond acceptors (Lipinski definition) is 1. The Morgan fingerprint density at radius 2 is 1.88 bits per heavy atom. The van der Waals surface area contributed by atoms with E-state index < -0.39 is 0 Å². The van der Waals surface area contributed by atoms with Gasteiger partial charge in [-0.15, -0.1) is 0 Å². The molecule has 17 heavy (non-hydrogen) atoms. The molecule has 2 aromatic carbocycles. The lowest BCUT2D eigenvalue weighted by Gasteiger charge is -2.02. The standard InChI is InChI=1S/C14H10BrFO/c15-12-5-1-3-10(7-12)8-14(17)11-4-2-6-13(16)9-11/h1-7,9H,8H2. The maximum Gasteiger partial charge on any atom is 0.167 e. The first-order valence-corrected chi connectivity index (χ1v) is 5.97. The van der Waals surface area contributed by atoms with E-state index in [0.29, 0.717) is 5.56 Å². The molecule has 0 heterocycles. The SMILES string of the molecule is O=C(Cc1cccc(Br)c1)c1cccc(F)c1. The quantitative estimate of drug-likeness (QED) is 0.781. The summed E-state index contributed by atoms with van der Waals surface area (Å²) in [5.74, 6) is -0.465. The number of carbonyl (C=O) groups excluding carboxylic acids is 1. The summed E-state index contributed by atoms with van der Waals surface area (Å²) in [6.07, 6.45) is 0.281. The van der Waals surface area contributed by atoms with Crippen LogP contribution in [0.15, 0.2) is 53.0 Å². The number of hydrogen-bond donors (Lipinski definition) is 0. The van der Waals surface area contributed by atoms with E-state index in [1.54, 1.807) is 12.1 Å². The van der Waals surface area contributed by atoms with Crippen molar-refractivity contribution in [3.05, 3.63) is 69.9 Å². The Bertz CT molecular complexity index is 551. The van der Waals surface area contributed by atoms with Gasteiger partial charge < -0.3 is 0 Å². The normalized spacial score (nSPS) is 10.2. The van der Waals surface area contributed by atoms with Gasteiger partial charge in [-0.3, -0.25) is 4.79 Å². The van der Waals surface area contributed by atoms with Crippen LogP contribution < -0.4 is 0 Å². The third-order valence-corrected chi connectivity index (χ3v) is 2.89. The molecule has 0 atom stereocenters. The average molecular weight is 293 g/mol. The van der Waals surface area contributed by atoms with Gasteiger partial charge in [0.15, 0.2) is 5.78 Å². The highest BCUT2D eigenvalue weighted by atomic mass is 79.9. The van der Waals surface area contributed by atoms with Crippen molar-refractivity contribution in [2.75, 3.05) is 0 Å². The first-order chi connectivity index (χ1) is 8.15. The fourth-order valence-corrected chi connectivity index (χ4v) is 2.04. The first kappa shape index (κ1) is 12.0. The molecular formula is C14H10BrFO. The van der Waals surface area contributed by atoms with Gasteiger partial charge in [0.1, 0.15) is 5.82 Å². The number of benzene rings is 2. The van der Waals surface area contributed by atoms with Gasteiger partial charge in [0.05, 0.1) is 0 Å². The number of ketones is 1. The smallest absolute Gasteiger partial charge is 0.167 e. The predicted molar refractivity (Wildman–Crippen MR) is 68.6 cm³/mol. The van der Waals surface area contributed by atoms with E-state index in [0.717, 1.165) is 10.0 Å². The number of halogens is 2. The Balaban J connectivity index is 2.17. The molecule has 3 heteroatoms. The molecule has 1 nitrogen and oxygen atoms in total. The highest BCUT2D eigenvalue weighted by Crippen LogP contribution is 2.14. The predicted octanol–water partition coefficient (Wildman–Crippen LogP) is 4.01. The molecule has 0 saturated heterocycles. The van der Waals surface area contributed by atoms with E-state index >= 15 is 0 Å². The molecule has 2 aromatic rings. The summed E-state index contributed by atoms with van der Waals surface area (Å²) in [7, 11) is 0. The van der Waals surface area contributed by atoms with Crippen molar-refractivity contribution in [2.45, 2.75) is 6.42 Å². The Hall–Kier alpha value is -1.48. The van der Waals surface area contributed by atoms with Crippen molar-refractivity contribution >= 4 is 21.7 Å². The average Bonchev–Trinajstić information content (AvgIpc) is 2.29. The second-order valence-electron chi connectivity index (χ2n) is 3.74. The first-order valence-electron chi connectivity index (χ1n) is 5.18. The molecule has 0 spiro atoms. The third kappa shape index (κ3) is 3.24. The van der Waals surface area contributed by atoms with Crippen molar-refractivity contribution < 1.29 is 9.18 Å². The molecule has 0 N–H and O–H groups in total. The van der Waals surface area contributed by atoms with Crippen LogP contribution in [0.1, 0.15) is 15.9 Å². The zero-order valence-electron chi connectivity index (χ0n) is 8.99. The van der Waals surface area contributed by atoms with Gasteiger partial charge in [-0.1, -0.05) is 40.2 Å². The molecule has 2 rings (SSSR count). The van der Waals surface area contributed by atoms with Gasteiger partial charge in [-0.25, -0.2) is 4.39 Å². The summed E-state index contributed by atoms with van der Waals surface area (Å²) < 4.78 is 13.9. The highest BCUT2D eigenvalue weighted by molar-refractivity contribution is 9.10. The van der Waals surface area contributed by atoms with Crippen molar-refractivity contribution in [2.24, 2.45) is 0 Å². The Morgan fingerprint density at radius 1 is 1.12 bits per heavy atom. The van der Waals surface area contributed by atoms with E-state index in [-0.39, 0.29) is 18.0 Å². The monoisotopic (exact) mass is 292 g/mol. The van der Waals surface area contributed by atoms with Gasteiger partial charge in [0, 0.05) is 16.5 Å². The summed E-state index contributed by atoms with van der Waals surface area (Å²) in [4.78, 5) is 11.9. The van der Waals surface area contributed by atoms with E-state index in [1.165, 1.54) is 12.1 Å². The molecule has 0 amide bonds. The lowest BCUT2D eigenvalue weighted by molar-refractivity contribution is 0.0992. The van der Waals surface area contributed by atoms with Crippen molar-refractivity contribution in [1.29, 1.82) is 0 Å².